The Balaban J connectivity index is 1.40. The molecule has 4 rings (SSSR count). The summed E-state index contributed by atoms with van der Waals surface area (Å²) in [5.74, 6) is 1.37. The molecule has 2 amide bonds. The summed E-state index contributed by atoms with van der Waals surface area (Å²) in [6.07, 6.45) is 10.1. The molecule has 0 aliphatic carbocycles. The van der Waals surface area contributed by atoms with Crippen LogP contribution in [0.15, 0.2) is 12.7 Å². The molecule has 8 heteroatoms. The van der Waals surface area contributed by atoms with Crippen LogP contribution < -0.4 is 5.32 Å². The second kappa shape index (κ2) is 9.24. The van der Waals surface area contributed by atoms with E-state index < -0.39 is 0 Å². The van der Waals surface area contributed by atoms with Crippen molar-refractivity contribution in [1.29, 1.82) is 0 Å². The number of carbonyl (C=O) groups is 2. The van der Waals surface area contributed by atoms with E-state index in [1.165, 1.54) is 19.3 Å². The van der Waals surface area contributed by atoms with Crippen molar-refractivity contribution in [1.82, 2.24) is 29.9 Å². The van der Waals surface area contributed by atoms with E-state index >= 15 is 0 Å². The summed E-state index contributed by atoms with van der Waals surface area (Å²) in [4.78, 5) is 30.0. The van der Waals surface area contributed by atoms with Crippen LogP contribution in [0.2, 0.25) is 0 Å². The van der Waals surface area contributed by atoms with Crippen LogP contribution in [0.3, 0.4) is 0 Å². The summed E-state index contributed by atoms with van der Waals surface area (Å²) < 4.78 is 1.81. The monoisotopic (exact) mass is 402 g/mol. The summed E-state index contributed by atoms with van der Waals surface area (Å²) in [5, 5.41) is 10.7. The fraction of sp³-hybridized carbons (Fsp3) is 0.810. The number of piperidine rings is 3. The number of fused-ring (bicyclic) bond motifs is 4. The van der Waals surface area contributed by atoms with Crippen LogP contribution in [0.5, 0.6) is 0 Å². The van der Waals surface area contributed by atoms with E-state index in [4.69, 9.17) is 0 Å². The molecule has 4 heterocycles. The van der Waals surface area contributed by atoms with E-state index in [1.54, 1.807) is 12.7 Å². The molecule has 0 spiro atoms. The Morgan fingerprint density at radius 3 is 2.79 bits per heavy atom. The van der Waals surface area contributed by atoms with E-state index in [1.807, 2.05) is 4.57 Å². The highest BCUT2D eigenvalue weighted by Crippen LogP contribution is 2.41. The molecule has 0 saturated carbocycles. The molecule has 3 fully saturated rings. The van der Waals surface area contributed by atoms with Crippen LogP contribution in [-0.4, -0.2) is 74.6 Å². The van der Waals surface area contributed by atoms with Gasteiger partial charge in [0.1, 0.15) is 12.7 Å². The smallest absolute Gasteiger partial charge is 0.223 e. The molecule has 0 radical (unpaired) electrons. The molecule has 1 aromatic rings. The first kappa shape index (κ1) is 20.3. The van der Waals surface area contributed by atoms with E-state index in [-0.39, 0.29) is 11.9 Å². The van der Waals surface area contributed by atoms with Gasteiger partial charge in [0.05, 0.1) is 6.04 Å². The average Bonchev–Trinajstić information content (AvgIpc) is 3.25. The Bertz CT molecular complexity index is 693. The van der Waals surface area contributed by atoms with Crippen molar-refractivity contribution in [3.63, 3.8) is 0 Å². The van der Waals surface area contributed by atoms with Crippen molar-refractivity contribution in [3.8, 4) is 0 Å². The normalized spacial score (nSPS) is 29.6. The molecule has 3 saturated heterocycles. The predicted molar refractivity (Wildman–Crippen MR) is 109 cm³/mol. The zero-order valence-electron chi connectivity index (χ0n) is 17.5. The maximum atomic E-state index is 12.8. The molecule has 3 aliphatic rings. The molecule has 29 heavy (non-hydrogen) atoms. The maximum Gasteiger partial charge on any atom is 0.223 e. The van der Waals surface area contributed by atoms with Gasteiger partial charge in [0.2, 0.25) is 11.8 Å². The molecule has 1 N–H and O–H groups in total. The van der Waals surface area contributed by atoms with Gasteiger partial charge in [-0.3, -0.25) is 9.59 Å². The number of amides is 2. The summed E-state index contributed by atoms with van der Waals surface area (Å²) >= 11 is 0. The van der Waals surface area contributed by atoms with Gasteiger partial charge in [0.15, 0.2) is 0 Å². The predicted octanol–water partition coefficient (Wildman–Crippen LogP) is 1.29. The number of hydrogen-bond donors (Lipinski definition) is 1. The van der Waals surface area contributed by atoms with Gasteiger partial charge in [0.25, 0.3) is 0 Å². The Morgan fingerprint density at radius 2 is 2.00 bits per heavy atom. The van der Waals surface area contributed by atoms with Crippen LogP contribution >= 0.6 is 0 Å². The third-order valence-electron chi connectivity index (χ3n) is 6.97. The first-order valence-electron chi connectivity index (χ1n) is 11.3. The number of unbranched alkanes of at least 4 members (excludes halogenated alkanes) is 1. The van der Waals surface area contributed by atoms with Crippen molar-refractivity contribution in [2.24, 2.45) is 11.8 Å². The number of carbonyl (C=O) groups excluding carboxylic acids is 2. The third-order valence-corrected chi connectivity index (χ3v) is 6.97. The molecule has 8 nitrogen and oxygen atoms in total. The molecule has 0 aromatic carbocycles. The highest BCUT2D eigenvalue weighted by atomic mass is 16.2. The van der Waals surface area contributed by atoms with E-state index in [0.29, 0.717) is 49.7 Å². The highest BCUT2D eigenvalue weighted by molar-refractivity contribution is 5.78. The Hall–Kier alpha value is -1.96. The SMILES string of the molecule is CCCCN1C[C@H]2C[C@@H](C1)[C@H](CNC(=O)CCn1cnnc1)N1C(=O)CCC[C@@H]21. The first-order chi connectivity index (χ1) is 14.2. The van der Waals surface area contributed by atoms with Crippen molar-refractivity contribution in [3.05, 3.63) is 12.7 Å². The Morgan fingerprint density at radius 1 is 1.21 bits per heavy atom. The lowest BCUT2D eigenvalue weighted by Crippen LogP contribution is -2.67. The number of nitrogens with zero attached hydrogens (tertiary/aromatic N) is 5. The van der Waals surface area contributed by atoms with Crippen LogP contribution in [0.25, 0.3) is 0 Å². The molecule has 160 valence electrons. The van der Waals surface area contributed by atoms with Gasteiger partial charge < -0.3 is 19.7 Å². The van der Waals surface area contributed by atoms with Crippen molar-refractivity contribution in [2.45, 2.75) is 70.5 Å². The number of hydrogen-bond acceptors (Lipinski definition) is 5. The fourth-order valence-electron chi connectivity index (χ4n) is 5.57. The summed E-state index contributed by atoms with van der Waals surface area (Å²) in [6.45, 7) is 6.72. The lowest BCUT2D eigenvalue weighted by atomic mass is 9.72. The second-order valence-electron chi connectivity index (χ2n) is 8.95. The van der Waals surface area contributed by atoms with Crippen molar-refractivity contribution in [2.75, 3.05) is 26.2 Å². The minimum absolute atomic E-state index is 0.0282. The van der Waals surface area contributed by atoms with Crippen LogP contribution in [-0.2, 0) is 16.1 Å². The van der Waals surface area contributed by atoms with E-state index in [0.717, 1.165) is 32.5 Å². The minimum Gasteiger partial charge on any atom is -0.354 e. The maximum absolute atomic E-state index is 12.8. The second-order valence-corrected chi connectivity index (χ2v) is 8.95. The van der Waals surface area contributed by atoms with Crippen LogP contribution in [0.4, 0.5) is 0 Å². The lowest BCUT2D eigenvalue weighted by molar-refractivity contribution is -0.153. The molecule has 1 aromatic heterocycles. The first-order valence-corrected chi connectivity index (χ1v) is 11.3. The standard InChI is InChI=1S/C21H34N6O2/c1-2-3-8-25-12-16-10-17(13-25)19(27-18(16)5-4-6-21(27)29)11-22-20(28)7-9-26-14-23-24-15-26/h14-19H,2-13H2,1H3,(H,22,28)/t16-,17+,18+,19+/m1/s1. The van der Waals surface area contributed by atoms with Gasteiger partial charge in [-0.15, -0.1) is 10.2 Å². The minimum atomic E-state index is 0.0282. The van der Waals surface area contributed by atoms with E-state index in [2.05, 4.69) is 32.2 Å². The highest BCUT2D eigenvalue weighted by Gasteiger charge is 2.49. The summed E-state index contributed by atoms with van der Waals surface area (Å²) in [6, 6.07) is 0.489. The largest absolute Gasteiger partial charge is 0.354 e. The topological polar surface area (TPSA) is 83.4 Å². The molecular weight excluding hydrogens is 368 g/mol. The Labute approximate surface area is 173 Å². The van der Waals surface area contributed by atoms with Gasteiger partial charge in [-0.05, 0) is 44.1 Å². The number of rotatable bonds is 8. The molecule has 2 bridgehead atoms. The van der Waals surface area contributed by atoms with Gasteiger partial charge >= 0.3 is 0 Å². The fourth-order valence-corrected chi connectivity index (χ4v) is 5.57. The Kier molecular flexibility index (Phi) is 6.47. The molecule has 0 unspecified atom stereocenters. The molecule has 4 atom stereocenters. The number of likely N-dealkylation sites (tertiary alicyclic amines) is 1. The number of aromatic nitrogens is 3. The van der Waals surface area contributed by atoms with Gasteiger partial charge in [-0.2, -0.15) is 0 Å². The van der Waals surface area contributed by atoms with Gasteiger partial charge in [-0.1, -0.05) is 13.3 Å². The summed E-state index contributed by atoms with van der Waals surface area (Å²) in [5.41, 5.74) is 0. The van der Waals surface area contributed by atoms with Crippen molar-refractivity contribution < 1.29 is 9.59 Å². The van der Waals surface area contributed by atoms with Gasteiger partial charge in [0, 0.05) is 45.1 Å². The zero-order chi connectivity index (χ0) is 20.2. The molecular formula is C21H34N6O2. The number of aryl methyl sites for hydroxylation is 1. The third kappa shape index (κ3) is 4.63. The van der Waals surface area contributed by atoms with Crippen molar-refractivity contribution >= 4 is 11.8 Å². The van der Waals surface area contributed by atoms with Crippen LogP contribution in [0.1, 0.15) is 51.9 Å². The number of nitrogens with one attached hydrogen (secondary N) is 1. The summed E-state index contributed by atoms with van der Waals surface area (Å²) in [7, 11) is 0. The zero-order valence-corrected chi connectivity index (χ0v) is 17.5. The van der Waals surface area contributed by atoms with E-state index in [9.17, 15) is 9.59 Å². The average molecular weight is 403 g/mol. The van der Waals surface area contributed by atoms with Gasteiger partial charge in [-0.25, -0.2) is 0 Å². The lowest BCUT2D eigenvalue weighted by Gasteiger charge is -2.56. The van der Waals surface area contributed by atoms with Crippen LogP contribution in [0, 0.1) is 11.8 Å². The quantitative estimate of drug-likeness (QED) is 0.708. The molecule has 3 aliphatic heterocycles.